The molecule has 15 heteroatoms. The minimum atomic E-state index is 0.698. The van der Waals surface area contributed by atoms with Crippen molar-refractivity contribution in [1.29, 1.82) is 0 Å². The van der Waals surface area contributed by atoms with E-state index in [9.17, 15) is 0 Å². The number of benzene rings is 19. The Balaban J connectivity index is 0.000000109. The lowest BCUT2D eigenvalue weighted by molar-refractivity contribution is 0.668. The Labute approximate surface area is 861 Å². The Kier molecular flexibility index (Phi) is 22.5. The van der Waals surface area contributed by atoms with E-state index >= 15 is 0 Å². The zero-order valence-electron chi connectivity index (χ0n) is 78.9. The number of hydrogen-bond acceptors (Lipinski definition) is 15. The topological polar surface area (TPSA) is 113 Å². The molecule has 0 bridgehead atoms. The van der Waals surface area contributed by atoms with E-state index in [1.807, 2.05) is 161 Å². The molecule has 0 amide bonds. The Hall–Kier alpha value is -18.5. The van der Waals surface area contributed by atoms with E-state index in [0.717, 1.165) is 157 Å². The summed E-state index contributed by atoms with van der Waals surface area (Å²) in [5.74, 6) is 1.42. The van der Waals surface area contributed by atoms with E-state index in [0.29, 0.717) is 5.82 Å². The summed E-state index contributed by atoms with van der Waals surface area (Å²) in [5, 5.41) is 14.8. The van der Waals surface area contributed by atoms with E-state index in [-0.39, 0.29) is 0 Å². The van der Waals surface area contributed by atoms with Crippen LogP contribution >= 0.6 is 45.3 Å². The largest absolute Gasteiger partial charge is 0.456 e. The quantitative estimate of drug-likeness (QED) is 0.0868. The third-order valence-corrected chi connectivity index (χ3v) is 32.3. The van der Waals surface area contributed by atoms with Crippen molar-refractivity contribution < 1.29 is 8.83 Å². The van der Waals surface area contributed by atoms with Gasteiger partial charge in [0.15, 0.2) is 11.6 Å². The molecule has 0 atom stereocenters. The molecule has 0 unspecified atom stereocenters. The van der Waals surface area contributed by atoms with Gasteiger partial charge in [-0.3, -0.25) is 9.97 Å². The second kappa shape index (κ2) is 37.8. The average molecular weight is 1960 g/mol. The minimum absolute atomic E-state index is 0.698. The van der Waals surface area contributed by atoms with Gasteiger partial charge in [-0.1, -0.05) is 267 Å². The molecule has 0 spiro atoms. The summed E-state index contributed by atoms with van der Waals surface area (Å²) in [6.07, 6.45) is 11.5. The Morgan fingerprint density at radius 1 is 0.163 bits per heavy atom. The van der Waals surface area contributed by atoms with Crippen LogP contribution in [-0.2, 0) is 0 Å². The van der Waals surface area contributed by atoms with Crippen molar-refractivity contribution in [2.24, 2.45) is 0 Å². The highest BCUT2D eigenvalue weighted by atomic mass is 32.1. The second-order valence-corrected chi connectivity index (χ2v) is 40.7. The lowest BCUT2D eigenvalue weighted by Gasteiger charge is -2.25. The van der Waals surface area contributed by atoms with E-state index in [4.69, 9.17) is 33.8 Å². The van der Waals surface area contributed by atoms with Crippen LogP contribution < -0.4 is 14.7 Å². The summed E-state index contributed by atoms with van der Waals surface area (Å²) in [4.78, 5) is 35.5. The summed E-state index contributed by atoms with van der Waals surface area (Å²) >= 11 is 7.36. The second-order valence-electron chi connectivity index (χ2n) is 36.4. The molecule has 147 heavy (non-hydrogen) atoms. The zero-order valence-corrected chi connectivity index (χ0v) is 82.2. The van der Waals surface area contributed by atoms with Gasteiger partial charge in [0.25, 0.3) is 0 Å². The van der Waals surface area contributed by atoms with Crippen LogP contribution in [0, 0.1) is 0 Å². The summed E-state index contributed by atoms with van der Waals surface area (Å²) in [7, 11) is 0. The standard InChI is InChI=1S/2C46H29N3OS.C40H25N3S2/c1-3-10-43-37(7-1)39-27-32(16-24-44(39)50-43)30-12-18-34(19-13-30)49(35-20-14-31(15-21-35)41-9-5-6-26-47-41)36-22-23-42(48-29-36)33-17-25-46-40(28-33)38-8-2-4-11-45(38)51-46;1-2-8-32(9-3-1)46-47-28-37(29-48-46)49(35-20-14-30(15-21-35)33-18-24-43-40(26-33)38-10-4-6-12-42(38)50-43)36-22-16-31(17-23-36)34-19-25-45-41(27-34)39-11-5-7-13-44(39)51-45;1-2-9-28(10-3-1)43(29-20-17-26(18-21-29)31-13-8-14-34-32-11-4-7-16-37(32)45-39(31)34)30-24-41-40(42-25-30)27-19-22-38-35(23-27)33-12-5-6-15-36(33)44-38/h2*1-29H;1-25H. The molecule has 11 nitrogen and oxygen atoms in total. The van der Waals surface area contributed by atoms with Crippen molar-refractivity contribution >= 4 is 221 Å². The van der Waals surface area contributed by atoms with E-state index in [1.165, 1.54) is 103 Å². The third-order valence-electron chi connectivity index (χ3n) is 27.6. The van der Waals surface area contributed by atoms with E-state index < -0.39 is 0 Å². The van der Waals surface area contributed by atoms with Gasteiger partial charge in [0, 0.05) is 165 Å². The summed E-state index contributed by atoms with van der Waals surface area (Å²) in [5.41, 5.74) is 28.1. The first-order valence-corrected chi connectivity index (χ1v) is 52.1. The third kappa shape index (κ3) is 16.7. The predicted octanol–water partition coefficient (Wildman–Crippen LogP) is 38.4. The maximum absolute atomic E-state index is 6.08. The molecule has 29 aromatic rings. The molecule has 0 N–H and O–H groups in total. The molecule has 0 saturated heterocycles. The van der Waals surface area contributed by atoms with Crippen molar-refractivity contribution in [3.8, 4) is 89.8 Å². The van der Waals surface area contributed by atoms with Crippen LogP contribution in [0.1, 0.15) is 0 Å². The normalized spacial score (nSPS) is 11.5. The lowest BCUT2D eigenvalue weighted by Crippen LogP contribution is -2.11. The highest BCUT2D eigenvalue weighted by Crippen LogP contribution is 2.48. The van der Waals surface area contributed by atoms with Gasteiger partial charge in [-0.05, 0) is 245 Å². The Morgan fingerprint density at radius 2 is 0.483 bits per heavy atom. The minimum Gasteiger partial charge on any atom is -0.456 e. The fourth-order valence-corrected chi connectivity index (χ4v) is 24.8. The predicted molar refractivity (Wildman–Crippen MR) is 620 cm³/mol. The number of nitrogens with zero attached hydrogens (tertiary/aromatic N) is 9. The number of thiophene rings is 4. The highest BCUT2D eigenvalue weighted by molar-refractivity contribution is 7.27. The number of fused-ring (bicyclic) bond motifs is 18. The van der Waals surface area contributed by atoms with Crippen LogP contribution in [-0.4, -0.2) is 29.9 Å². The fourth-order valence-electron chi connectivity index (χ4n) is 20.3. The maximum Gasteiger partial charge on any atom is 0.159 e. The SMILES string of the molecule is c1ccc(-c2ccc(N(c3ccc(-c4ccc5oc6ccccc6c5c4)cc3)c3ccc(-c4ccc5sc6ccccc6c5c4)nc3)cc2)nc1.c1ccc(-c2ncc(N(c3ccc(-c4ccc5oc6ccccc6c5c4)cc3)c3ccc(-c4ccc5sc6ccccc6c5c4)cc3)cn2)cc1.c1ccc(N(c2ccc(-c3cccc4c3sc3ccccc34)cc2)c2cnc(-c3ccc4sc5ccccc5c4c3)nc2)cc1. The first-order chi connectivity index (χ1) is 72.8. The van der Waals surface area contributed by atoms with Crippen LogP contribution in [0.5, 0.6) is 0 Å². The van der Waals surface area contributed by atoms with Crippen molar-refractivity contribution in [1.82, 2.24) is 29.9 Å². The van der Waals surface area contributed by atoms with Crippen molar-refractivity contribution in [2.45, 2.75) is 0 Å². The first-order valence-electron chi connectivity index (χ1n) is 48.8. The van der Waals surface area contributed by atoms with Gasteiger partial charge in [0.05, 0.1) is 59.4 Å². The molecular weight excluding hydrogens is 1870 g/mol. The highest BCUT2D eigenvalue weighted by Gasteiger charge is 2.23. The summed E-state index contributed by atoms with van der Waals surface area (Å²) in [6, 6.07) is 165. The van der Waals surface area contributed by atoms with E-state index in [1.54, 1.807) is 0 Å². The first kappa shape index (κ1) is 87.5. The molecule has 0 aliphatic heterocycles. The Morgan fingerprint density at radius 3 is 0.952 bits per heavy atom. The van der Waals surface area contributed by atoms with E-state index in [2.05, 4.69) is 408 Å². The van der Waals surface area contributed by atoms with Gasteiger partial charge >= 0.3 is 0 Å². The van der Waals surface area contributed by atoms with Crippen LogP contribution in [0.3, 0.4) is 0 Å². The molecule has 0 aliphatic carbocycles. The Bertz CT molecular complexity index is 9260. The van der Waals surface area contributed by atoms with Gasteiger partial charge in [0.1, 0.15) is 22.3 Å². The maximum atomic E-state index is 6.08. The van der Waals surface area contributed by atoms with Gasteiger partial charge in [-0.15, -0.1) is 45.3 Å². The summed E-state index contributed by atoms with van der Waals surface area (Å²) < 4.78 is 22.6. The van der Waals surface area contributed by atoms with Crippen LogP contribution in [0.25, 0.3) is 214 Å². The molecule has 19 aromatic carbocycles. The van der Waals surface area contributed by atoms with Crippen molar-refractivity contribution in [3.63, 3.8) is 0 Å². The number of anilines is 9. The van der Waals surface area contributed by atoms with Crippen molar-refractivity contribution in [2.75, 3.05) is 14.7 Å². The molecule has 0 saturated carbocycles. The summed E-state index contributed by atoms with van der Waals surface area (Å²) in [6.45, 7) is 0. The molecule has 0 aliphatic rings. The molecule has 0 radical (unpaired) electrons. The number of aromatic nitrogens is 6. The number of rotatable bonds is 17. The smallest absolute Gasteiger partial charge is 0.159 e. The van der Waals surface area contributed by atoms with Gasteiger partial charge in [-0.25, -0.2) is 19.9 Å². The molecule has 10 aromatic heterocycles. The molecular formula is C132H83N9O2S4. The molecule has 692 valence electrons. The van der Waals surface area contributed by atoms with Gasteiger partial charge in [-0.2, -0.15) is 0 Å². The molecule has 10 heterocycles. The molecule has 0 fully saturated rings. The average Bonchev–Trinajstić information content (AvgIpc) is 1.67. The lowest BCUT2D eigenvalue weighted by atomic mass is 10.0. The number of furan rings is 2. The molecule has 29 rings (SSSR count). The monoisotopic (exact) mass is 1950 g/mol. The van der Waals surface area contributed by atoms with Crippen LogP contribution in [0.15, 0.2) is 513 Å². The number of hydrogen-bond donors (Lipinski definition) is 0. The zero-order chi connectivity index (χ0) is 97.2. The van der Waals surface area contributed by atoms with Gasteiger partial charge in [0.2, 0.25) is 0 Å². The van der Waals surface area contributed by atoms with Crippen molar-refractivity contribution in [3.05, 3.63) is 504 Å². The number of para-hydroxylation sites is 3. The van der Waals surface area contributed by atoms with Crippen LogP contribution in [0.4, 0.5) is 51.2 Å². The number of pyridine rings is 2. The fraction of sp³-hybridized carbons (Fsp3) is 0. The van der Waals surface area contributed by atoms with Gasteiger partial charge < -0.3 is 23.5 Å². The van der Waals surface area contributed by atoms with Crippen LogP contribution in [0.2, 0.25) is 0 Å².